The molecule has 0 saturated heterocycles. The van der Waals surface area contributed by atoms with Crippen LogP contribution in [0.4, 0.5) is 11.4 Å². The van der Waals surface area contributed by atoms with Crippen LogP contribution < -0.4 is 11.1 Å². The van der Waals surface area contributed by atoms with Crippen molar-refractivity contribution in [2.45, 2.75) is 0 Å². The molecule has 0 aromatic heterocycles. The van der Waals surface area contributed by atoms with Gasteiger partial charge in [-0.05, 0) is 62.8 Å². The first-order valence-corrected chi connectivity index (χ1v) is 7.06. The Kier molecular flexibility index (Phi) is 4.23. The van der Waals surface area contributed by atoms with Crippen molar-refractivity contribution in [3.8, 4) is 0 Å². The van der Waals surface area contributed by atoms with Gasteiger partial charge >= 0.3 is 0 Å². The Labute approximate surface area is 127 Å². The maximum absolute atomic E-state index is 12.1. The first-order chi connectivity index (χ1) is 8.59. The van der Waals surface area contributed by atoms with E-state index in [0.717, 1.165) is 9.26 Å². The Hall–Kier alpha value is -1.08. The summed E-state index contributed by atoms with van der Waals surface area (Å²) in [6.45, 7) is 0. The van der Waals surface area contributed by atoms with Gasteiger partial charge in [-0.1, -0.05) is 18.2 Å². The second-order valence-corrected chi connectivity index (χ2v) is 5.60. The van der Waals surface area contributed by atoms with Gasteiger partial charge in [-0.3, -0.25) is 4.79 Å². The highest BCUT2D eigenvalue weighted by Crippen LogP contribution is 2.25. The van der Waals surface area contributed by atoms with Crippen LogP contribution in [0.3, 0.4) is 0 Å². The molecule has 0 spiro atoms. The van der Waals surface area contributed by atoms with Gasteiger partial charge in [-0.15, -0.1) is 0 Å². The van der Waals surface area contributed by atoms with E-state index in [1.807, 2.05) is 24.3 Å². The highest BCUT2D eigenvalue weighted by molar-refractivity contribution is 14.1. The van der Waals surface area contributed by atoms with E-state index >= 15 is 0 Å². The maximum Gasteiger partial charge on any atom is 0.256 e. The molecule has 0 radical (unpaired) electrons. The fraction of sp³-hybridized carbons (Fsp3) is 0. The number of anilines is 2. The van der Waals surface area contributed by atoms with E-state index in [2.05, 4.69) is 43.8 Å². The van der Waals surface area contributed by atoms with Gasteiger partial charge < -0.3 is 11.1 Å². The van der Waals surface area contributed by atoms with Crippen LogP contribution in [0.25, 0.3) is 0 Å². The first-order valence-electron chi connectivity index (χ1n) is 5.19. The monoisotopic (exact) mass is 416 g/mol. The first kappa shape index (κ1) is 13.4. The standard InChI is InChI=1S/C13H10BrIN2O/c14-12-8(4-3-6-10(12)16)13(18)17-11-7-2-1-5-9(11)15/h1-7H,16H2,(H,17,18). The van der Waals surface area contributed by atoms with Crippen LogP contribution in [0.1, 0.15) is 10.4 Å². The zero-order chi connectivity index (χ0) is 13.1. The van der Waals surface area contributed by atoms with Crippen molar-refractivity contribution < 1.29 is 4.79 Å². The quantitative estimate of drug-likeness (QED) is 0.576. The summed E-state index contributed by atoms with van der Waals surface area (Å²) in [7, 11) is 0. The number of carbonyl (C=O) groups excluding carboxylic acids is 1. The summed E-state index contributed by atoms with van der Waals surface area (Å²) >= 11 is 5.50. The van der Waals surface area contributed by atoms with E-state index < -0.39 is 0 Å². The van der Waals surface area contributed by atoms with E-state index in [-0.39, 0.29) is 5.91 Å². The third-order valence-electron chi connectivity index (χ3n) is 2.40. The van der Waals surface area contributed by atoms with Crippen LogP contribution in [-0.2, 0) is 0 Å². The topological polar surface area (TPSA) is 55.1 Å². The molecule has 0 unspecified atom stereocenters. The third-order valence-corrected chi connectivity index (χ3v) is 4.22. The lowest BCUT2D eigenvalue weighted by atomic mass is 10.2. The van der Waals surface area contributed by atoms with Crippen molar-refractivity contribution in [1.82, 2.24) is 0 Å². The van der Waals surface area contributed by atoms with Crippen molar-refractivity contribution in [2.24, 2.45) is 0 Å². The fourth-order valence-corrected chi connectivity index (χ4v) is 2.44. The largest absolute Gasteiger partial charge is 0.398 e. The van der Waals surface area contributed by atoms with Crippen LogP contribution in [0.5, 0.6) is 0 Å². The predicted molar refractivity (Wildman–Crippen MR) is 85.7 cm³/mol. The lowest BCUT2D eigenvalue weighted by Crippen LogP contribution is -2.13. The van der Waals surface area contributed by atoms with E-state index in [1.165, 1.54) is 0 Å². The highest BCUT2D eigenvalue weighted by Gasteiger charge is 2.12. The predicted octanol–water partition coefficient (Wildman–Crippen LogP) is 3.89. The van der Waals surface area contributed by atoms with Crippen molar-refractivity contribution in [3.05, 3.63) is 56.1 Å². The second kappa shape index (κ2) is 5.71. The van der Waals surface area contributed by atoms with Crippen LogP contribution in [0, 0.1) is 3.57 Å². The van der Waals surface area contributed by atoms with E-state index in [9.17, 15) is 4.79 Å². The molecule has 18 heavy (non-hydrogen) atoms. The minimum absolute atomic E-state index is 0.182. The van der Waals surface area contributed by atoms with Gasteiger partial charge in [0, 0.05) is 9.26 Å². The van der Waals surface area contributed by atoms with E-state index in [1.54, 1.807) is 18.2 Å². The molecule has 2 aromatic rings. The van der Waals surface area contributed by atoms with Crippen LogP contribution in [0.15, 0.2) is 46.9 Å². The third kappa shape index (κ3) is 2.84. The summed E-state index contributed by atoms with van der Waals surface area (Å²) in [6, 6.07) is 12.8. The van der Waals surface area contributed by atoms with Gasteiger partial charge in [0.2, 0.25) is 0 Å². The van der Waals surface area contributed by atoms with Crippen LogP contribution in [0.2, 0.25) is 0 Å². The number of benzene rings is 2. The molecule has 0 bridgehead atoms. The molecular weight excluding hydrogens is 407 g/mol. The number of para-hydroxylation sites is 1. The molecule has 2 rings (SSSR count). The Morgan fingerprint density at radius 3 is 2.61 bits per heavy atom. The number of hydrogen-bond donors (Lipinski definition) is 2. The molecule has 0 fully saturated rings. The number of halogens is 2. The van der Waals surface area contributed by atoms with Gasteiger partial charge in [0.1, 0.15) is 0 Å². The molecule has 3 nitrogen and oxygen atoms in total. The summed E-state index contributed by atoms with van der Waals surface area (Å²) in [5, 5.41) is 2.86. The van der Waals surface area contributed by atoms with Gasteiger partial charge in [-0.2, -0.15) is 0 Å². The number of carbonyl (C=O) groups is 1. The molecule has 0 atom stereocenters. The minimum Gasteiger partial charge on any atom is -0.398 e. The Morgan fingerprint density at radius 1 is 1.17 bits per heavy atom. The average molecular weight is 417 g/mol. The number of rotatable bonds is 2. The molecule has 0 aliphatic rings. The molecule has 0 saturated carbocycles. The van der Waals surface area contributed by atoms with Crippen molar-refractivity contribution in [1.29, 1.82) is 0 Å². The highest BCUT2D eigenvalue weighted by atomic mass is 127. The summed E-state index contributed by atoms with van der Waals surface area (Å²) < 4.78 is 1.61. The number of nitrogens with one attached hydrogen (secondary N) is 1. The van der Waals surface area contributed by atoms with Gasteiger partial charge in [0.15, 0.2) is 0 Å². The summed E-state index contributed by atoms with van der Waals surface area (Å²) in [5.74, 6) is -0.182. The lowest BCUT2D eigenvalue weighted by molar-refractivity contribution is 0.102. The van der Waals surface area contributed by atoms with Crippen molar-refractivity contribution in [2.75, 3.05) is 11.1 Å². The molecule has 0 aliphatic carbocycles. The number of hydrogen-bond acceptors (Lipinski definition) is 2. The van der Waals surface area contributed by atoms with Crippen molar-refractivity contribution >= 4 is 55.8 Å². The average Bonchev–Trinajstić information content (AvgIpc) is 2.35. The fourth-order valence-electron chi connectivity index (χ4n) is 1.48. The summed E-state index contributed by atoms with van der Waals surface area (Å²) in [5.41, 5.74) is 7.61. The lowest BCUT2D eigenvalue weighted by Gasteiger charge is -2.09. The molecule has 5 heteroatoms. The molecule has 3 N–H and O–H groups in total. The van der Waals surface area contributed by atoms with Crippen LogP contribution in [-0.4, -0.2) is 5.91 Å². The zero-order valence-electron chi connectivity index (χ0n) is 9.28. The number of nitrogens with two attached hydrogens (primary N) is 1. The molecular formula is C13H10BrIN2O. The van der Waals surface area contributed by atoms with Gasteiger partial charge in [-0.25, -0.2) is 0 Å². The smallest absolute Gasteiger partial charge is 0.256 e. The number of amides is 1. The van der Waals surface area contributed by atoms with E-state index in [0.29, 0.717) is 15.7 Å². The molecule has 0 aliphatic heterocycles. The molecule has 2 aromatic carbocycles. The Morgan fingerprint density at radius 2 is 1.89 bits per heavy atom. The molecule has 0 heterocycles. The van der Waals surface area contributed by atoms with Crippen molar-refractivity contribution in [3.63, 3.8) is 0 Å². The number of nitrogen functional groups attached to an aromatic ring is 1. The van der Waals surface area contributed by atoms with Gasteiger partial charge in [0.25, 0.3) is 5.91 Å². The minimum atomic E-state index is -0.182. The second-order valence-electron chi connectivity index (χ2n) is 3.64. The zero-order valence-corrected chi connectivity index (χ0v) is 13.0. The summed E-state index contributed by atoms with van der Waals surface area (Å²) in [6.07, 6.45) is 0. The Bertz CT molecular complexity index is 601. The SMILES string of the molecule is Nc1cccc(C(=O)Nc2ccccc2I)c1Br. The summed E-state index contributed by atoms with van der Waals surface area (Å²) in [4.78, 5) is 12.1. The maximum atomic E-state index is 12.1. The Balaban J connectivity index is 2.28. The van der Waals surface area contributed by atoms with Gasteiger partial charge in [0.05, 0.1) is 15.7 Å². The molecule has 1 amide bonds. The molecule has 92 valence electrons. The normalized spacial score (nSPS) is 10.1. The van der Waals surface area contributed by atoms with Crippen LogP contribution >= 0.6 is 38.5 Å². The van der Waals surface area contributed by atoms with E-state index in [4.69, 9.17) is 5.73 Å².